The topological polar surface area (TPSA) is 82.4 Å². The van der Waals surface area contributed by atoms with Crippen molar-refractivity contribution in [2.45, 2.75) is 19.3 Å². The molecular formula is C16H20N4O3. The van der Waals surface area contributed by atoms with Crippen LogP contribution in [0.2, 0.25) is 0 Å². The maximum atomic E-state index is 12.5. The second-order valence-corrected chi connectivity index (χ2v) is 6.09. The van der Waals surface area contributed by atoms with Gasteiger partial charge in [-0.25, -0.2) is 4.98 Å². The van der Waals surface area contributed by atoms with Gasteiger partial charge in [0.2, 0.25) is 5.95 Å². The number of hydrogen-bond donors (Lipinski definition) is 1. The van der Waals surface area contributed by atoms with Crippen LogP contribution < -0.4 is 10.5 Å². The Bertz CT molecular complexity index is 778. The molecule has 1 atom stereocenters. The molecule has 23 heavy (non-hydrogen) atoms. The largest absolute Gasteiger partial charge is 0.471 e. The van der Waals surface area contributed by atoms with Crippen LogP contribution in [-0.4, -0.2) is 48.0 Å². The third-order valence-electron chi connectivity index (χ3n) is 4.15. The molecule has 0 spiro atoms. The third kappa shape index (κ3) is 2.99. The predicted molar refractivity (Wildman–Crippen MR) is 85.9 cm³/mol. The molecule has 7 heteroatoms. The fraction of sp³-hybridized carbons (Fsp3) is 0.438. The van der Waals surface area contributed by atoms with Gasteiger partial charge in [-0.15, -0.1) is 0 Å². The number of nitrogens with zero attached hydrogens (tertiary/aromatic N) is 3. The van der Waals surface area contributed by atoms with Crippen molar-refractivity contribution < 1.29 is 9.21 Å². The minimum atomic E-state index is -0.172. The number of amides is 1. The van der Waals surface area contributed by atoms with E-state index in [0.29, 0.717) is 24.6 Å². The lowest BCUT2D eigenvalue weighted by molar-refractivity contribution is 0.0789. The lowest BCUT2D eigenvalue weighted by atomic mass is 10.0. The number of carbonyl (C=O) groups is 1. The lowest BCUT2D eigenvalue weighted by Crippen LogP contribution is -2.29. The molecule has 7 nitrogen and oxygen atoms in total. The second-order valence-electron chi connectivity index (χ2n) is 6.09. The van der Waals surface area contributed by atoms with Crippen LogP contribution in [0.3, 0.4) is 0 Å². The van der Waals surface area contributed by atoms with Crippen LogP contribution in [0.1, 0.15) is 34.0 Å². The van der Waals surface area contributed by atoms with Gasteiger partial charge in [0.25, 0.3) is 11.5 Å². The molecule has 1 aliphatic heterocycles. The Morgan fingerprint density at radius 1 is 1.43 bits per heavy atom. The fourth-order valence-corrected chi connectivity index (χ4v) is 2.82. The minimum absolute atomic E-state index is 0.0311. The van der Waals surface area contributed by atoms with Crippen molar-refractivity contribution in [2.75, 3.05) is 32.1 Å². The van der Waals surface area contributed by atoms with Gasteiger partial charge in [-0.05, 0) is 18.9 Å². The molecule has 1 amide bonds. The number of aromatic amines is 1. The fourth-order valence-electron chi connectivity index (χ4n) is 2.82. The molecule has 1 saturated heterocycles. The molecule has 2 aromatic rings. The van der Waals surface area contributed by atoms with Crippen LogP contribution >= 0.6 is 0 Å². The average Bonchev–Trinajstić information content (AvgIpc) is 3.14. The highest BCUT2D eigenvalue weighted by atomic mass is 16.3. The quantitative estimate of drug-likeness (QED) is 0.924. The van der Waals surface area contributed by atoms with E-state index < -0.39 is 0 Å². The van der Waals surface area contributed by atoms with Gasteiger partial charge in [-0.2, -0.15) is 0 Å². The number of furan rings is 1. The Labute approximate surface area is 133 Å². The highest BCUT2D eigenvalue weighted by Crippen LogP contribution is 2.27. The Morgan fingerprint density at radius 2 is 2.22 bits per heavy atom. The Kier molecular flexibility index (Phi) is 3.94. The third-order valence-corrected chi connectivity index (χ3v) is 4.15. The monoisotopic (exact) mass is 316 g/mol. The summed E-state index contributed by atoms with van der Waals surface area (Å²) < 4.78 is 5.08. The van der Waals surface area contributed by atoms with E-state index in [-0.39, 0.29) is 17.4 Å². The van der Waals surface area contributed by atoms with E-state index in [2.05, 4.69) is 9.97 Å². The summed E-state index contributed by atoms with van der Waals surface area (Å²) >= 11 is 0. The van der Waals surface area contributed by atoms with E-state index in [0.717, 1.165) is 17.7 Å². The van der Waals surface area contributed by atoms with Crippen molar-refractivity contribution in [1.29, 1.82) is 0 Å². The van der Waals surface area contributed by atoms with E-state index in [4.69, 9.17) is 4.42 Å². The molecule has 1 fully saturated rings. The van der Waals surface area contributed by atoms with Crippen molar-refractivity contribution in [3.8, 4) is 0 Å². The van der Waals surface area contributed by atoms with Crippen LogP contribution in [0.4, 0.5) is 5.95 Å². The van der Waals surface area contributed by atoms with Gasteiger partial charge >= 0.3 is 0 Å². The summed E-state index contributed by atoms with van der Waals surface area (Å²) in [4.78, 5) is 35.1. The van der Waals surface area contributed by atoms with E-state index in [1.54, 1.807) is 16.1 Å². The number of carbonyl (C=O) groups excluding carboxylic acids is 1. The molecule has 3 heterocycles. The molecule has 3 rings (SSSR count). The van der Waals surface area contributed by atoms with Crippen LogP contribution in [0, 0.1) is 6.92 Å². The van der Waals surface area contributed by atoms with Gasteiger partial charge in [-0.1, -0.05) is 0 Å². The number of nitrogens with one attached hydrogen (secondary N) is 1. The maximum absolute atomic E-state index is 12.5. The zero-order valence-corrected chi connectivity index (χ0v) is 13.5. The van der Waals surface area contributed by atoms with Gasteiger partial charge in [0.1, 0.15) is 6.26 Å². The highest BCUT2D eigenvalue weighted by Gasteiger charge is 2.30. The van der Waals surface area contributed by atoms with E-state index in [1.807, 2.05) is 21.0 Å². The summed E-state index contributed by atoms with van der Waals surface area (Å²) in [7, 11) is 3.66. The summed E-state index contributed by atoms with van der Waals surface area (Å²) in [5.41, 5.74) is 1.99. The number of rotatable bonds is 3. The molecule has 1 aliphatic rings. The first-order valence-corrected chi connectivity index (χ1v) is 7.56. The first-order chi connectivity index (χ1) is 11.0. The number of anilines is 1. The van der Waals surface area contributed by atoms with Gasteiger partial charge in [-0.3, -0.25) is 14.6 Å². The van der Waals surface area contributed by atoms with Crippen molar-refractivity contribution in [3.05, 3.63) is 45.8 Å². The Balaban J connectivity index is 1.79. The summed E-state index contributed by atoms with van der Waals surface area (Å²) in [5, 5.41) is 0. The molecule has 122 valence electrons. The molecule has 0 radical (unpaired) electrons. The first-order valence-electron chi connectivity index (χ1n) is 7.56. The number of hydrogen-bond acceptors (Lipinski definition) is 5. The molecule has 0 bridgehead atoms. The average molecular weight is 316 g/mol. The van der Waals surface area contributed by atoms with E-state index in [9.17, 15) is 9.59 Å². The number of aromatic nitrogens is 2. The SMILES string of the molecule is Cc1cocc1C(=O)N1CCC(c2cc(=O)[nH]c(N(C)C)n2)C1. The molecule has 2 aromatic heterocycles. The van der Waals surface area contributed by atoms with E-state index in [1.165, 1.54) is 12.3 Å². The van der Waals surface area contributed by atoms with Crippen molar-refractivity contribution in [1.82, 2.24) is 14.9 Å². The molecule has 0 aliphatic carbocycles. The van der Waals surface area contributed by atoms with Gasteiger partial charge in [0.15, 0.2) is 0 Å². The predicted octanol–water partition coefficient (Wildman–Crippen LogP) is 1.37. The summed E-state index contributed by atoms with van der Waals surface area (Å²) in [5.74, 6) is 0.575. The van der Waals surface area contributed by atoms with Crippen molar-refractivity contribution in [3.63, 3.8) is 0 Å². The smallest absolute Gasteiger partial charge is 0.257 e. The Morgan fingerprint density at radius 3 is 2.87 bits per heavy atom. The minimum Gasteiger partial charge on any atom is -0.471 e. The summed E-state index contributed by atoms with van der Waals surface area (Å²) in [6.07, 6.45) is 3.86. The number of aryl methyl sites for hydroxylation is 1. The number of likely N-dealkylation sites (tertiary alicyclic amines) is 1. The van der Waals surface area contributed by atoms with Gasteiger partial charge < -0.3 is 14.2 Å². The van der Waals surface area contributed by atoms with Crippen molar-refractivity contribution >= 4 is 11.9 Å². The maximum Gasteiger partial charge on any atom is 0.257 e. The molecule has 0 saturated carbocycles. The second kappa shape index (κ2) is 5.91. The molecule has 1 unspecified atom stereocenters. The van der Waals surface area contributed by atoms with Gasteiger partial charge in [0, 0.05) is 39.2 Å². The zero-order valence-electron chi connectivity index (χ0n) is 13.5. The zero-order chi connectivity index (χ0) is 16.6. The first kappa shape index (κ1) is 15.3. The number of H-pyrrole nitrogens is 1. The van der Waals surface area contributed by atoms with Gasteiger partial charge in [0.05, 0.1) is 17.5 Å². The summed E-state index contributed by atoms with van der Waals surface area (Å²) in [6.45, 7) is 3.07. The summed E-state index contributed by atoms with van der Waals surface area (Å²) in [6, 6.07) is 1.52. The van der Waals surface area contributed by atoms with Crippen molar-refractivity contribution in [2.24, 2.45) is 0 Å². The van der Waals surface area contributed by atoms with Crippen LogP contribution in [0.15, 0.2) is 27.8 Å². The molecule has 0 aromatic carbocycles. The van der Waals surface area contributed by atoms with Crippen LogP contribution in [0.25, 0.3) is 0 Å². The molecule has 1 N–H and O–H groups in total. The molecular weight excluding hydrogens is 296 g/mol. The van der Waals surface area contributed by atoms with Crippen LogP contribution in [0.5, 0.6) is 0 Å². The highest BCUT2D eigenvalue weighted by molar-refractivity contribution is 5.95. The standard InChI is InChI=1S/C16H20N4O3/c1-10-8-23-9-12(10)15(22)20-5-4-11(7-20)13-6-14(21)18-16(17-13)19(2)3/h6,8-9,11H,4-5,7H2,1-3H3,(H,17,18,21). The normalized spacial score (nSPS) is 17.5. The Hall–Kier alpha value is -2.57. The van der Waals surface area contributed by atoms with E-state index >= 15 is 0 Å². The van der Waals surface area contributed by atoms with Crippen LogP contribution in [-0.2, 0) is 0 Å². The lowest BCUT2D eigenvalue weighted by Gasteiger charge is -2.17.